The third kappa shape index (κ3) is 1.70. The second-order valence-electron chi connectivity index (χ2n) is 2.82. The van der Waals surface area contributed by atoms with E-state index in [0.29, 0.717) is 0 Å². The van der Waals surface area contributed by atoms with E-state index in [1.165, 1.54) is 13.8 Å². The van der Waals surface area contributed by atoms with E-state index in [4.69, 9.17) is 5.11 Å². The fourth-order valence-corrected chi connectivity index (χ4v) is 1.47. The standard InChI is InChI=1S/C6H14O3S/c1-4-10(8,9)6(2,3)5-7/h7H,4-5H2,1-3H3. The first-order chi connectivity index (χ1) is 4.37. The van der Waals surface area contributed by atoms with Crippen molar-refractivity contribution in [3.8, 4) is 0 Å². The Labute approximate surface area is 62.0 Å². The topological polar surface area (TPSA) is 54.4 Å². The maximum Gasteiger partial charge on any atom is 0.157 e. The van der Waals surface area contributed by atoms with Crippen molar-refractivity contribution in [2.75, 3.05) is 12.4 Å². The lowest BCUT2D eigenvalue weighted by atomic mass is 10.2. The Balaban J connectivity index is 4.64. The van der Waals surface area contributed by atoms with Gasteiger partial charge >= 0.3 is 0 Å². The van der Waals surface area contributed by atoms with E-state index < -0.39 is 14.6 Å². The van der Waals surface area contributed by atoms with Crippen LogP contribution in [0.5, 0.6) is 0 Å². The van der Waals surface area contributed by atoms with Crippen molar-refractivity contribution in [2.24, 2.45) is 0 Å². The van der Waals surface area contributed by atoms with Crippen molar-refractivity contribution in [3.05, 3.63) is 0 Å². The molecule has 10 heavy (non-hydrogen) atoms. The van der Waals surface area contributed by atoms with Crippen molar-refractivity contribution in [1.82, 2.24) is 0 Å². The molecule has 62 valence electrons. The summed E-state index contributed by atoms with van der Waals surface area (Å²) in [6.45, 7) is 4.30. The van der Waals surface area contributed by atoms with E-state index in [1.807, 2.05) is 0 Å². The maximum atomic E-state index is 11.1. The molecule has 0 radical (unpaired) electrons. The van der Waals surface area contributed by atoms with Crippen LogP contribution in [0.15, 0.2) is 0 Å². The SMILES string of the molecule is CCS(=O)(=O)C(C)(C)CO. The van der Waals surface area contributed by atoms with Crippen LogP contribution in [0.4, 0.5) is 0 Å². The maximum absolute atomic E-state index is 11.1. The Bertz CT molecular complexity index is 191. The first-order valence-corrected chi connectivity index (χ1v) is 4.86. The van der Waals surface area contributed by atoms with Crippen LogP contribution < -0.4 is 0 Å². The zero-order valence-electron chi connectivity index (χ0n) is 6.59. The predicted octanol–water partition coefficient (Wildman–Crippen LogP) is 0.192. The zero-order chi connectivity index (χ0) is 8.41. The van der Waals surface area contributed by atoms with Gasteiger partial charge in [0.1, 0.15) is 0 Å². The normalized spacial score (nSPS) is 13.6. The van der Waals surface area contributed by atoms with Crippen LogP contribution in [0, 0.1) is 0 Å². The molecule has 0 aliphatic carbocycles. The van der Waals surface area contributed by atoms with Gasteiger partial charge in [-0.05, 0) is 13.8 Å². The van der Waals surface area contributed by atoms with Gasteiger partial charge in [0.2, 0.25) is 0 Å². The Hall–Kier alpha value is -0.0900. The molecule has 0 aromatic heterocycles. The molecule has 0 spiro atoms. The van der Waals surface area contributed by atoms with E-state index >= 15 is 0 Å². The smallest absolute Gasteiger partial charge is 0.157 e. The molecule has 0 fully saturated rings. The molecule has 0 aromatic rings. The molecule has 0 saturated carbocycles. The molecule has 0 atom stereocenters. The molecule has 4 heteroatoms. The van der Waals surface area contributed by atoms with Gasteiger partial charge in [0, 0.05) is 5.75 Å². The summed E-state index contributed by atoms with van der Waals surface area (Å²) in [5.74, 6) is 0.0839. The highest BCUT2D eigenvalue weighted by Gasteiger charge is 2.31. The molecular formula is C6H14O3S. The van der Waals surface area contributed by atoms with Crippen molar-refractivity contribution >= 4 is 9.84 Å². The van der Waals surface area contributed by atoms with Gasteiger partial charge in [0.15, 0.2) is 9.84 Å². The fourth-order valence-electron chi connectivity index (χ4n) is 0.489. The Kier molecular flexibility index (Phi) is 2.86. The molecule has 0 bridgehead atoms. The molecule has 0 rings (SSSR count). The summed E-state index contributed by atoms with van der Waals surface area (Å²) in [6, 6.07) is 0. The average molecular weight is 166 g/mol. The Morgan fingerprint density at radius 3 is 1.90 bits per heavy atom. The average Bonchev–Trinajstić information content (AvgIpc) is 1.88. The molecule has 0 amide bonds. The van der Waals surface area contributed by atoms with Crippen LogP contribution in [0.2, 0.25) is 0 Å². The van der Waals surface area contributed by atoms with Crippen molar-refractivity contribution in [1.29, 1.82) is 0 Å². The van der Waals surface area contributed by atoms with Gasteiger partial charge in [-0.25, -0.2) is 8.42 Å². The molecule has 0 aliphatic rings. The largest absolute Gasteiger partial charge is 0.395 e. The Morgan fingerprint density at radius 2 is 1.80 bits per heavy atom. The number of aliphatic hydroxyl groups is 1. The molecule has 0 aliphatic heterocycles. The van der Waals surface area contributed by atoms with Crippen LogP contribution >= 0.6 is 0 Å². The third-order valence-corrected chi connectivity index (χ3v) is 4.18. The second-order valence-corrected chi connectivity index (χ2v) is 5.73. The van der Waals surface area contributed by atoms with Gasteiger partial charge in [-0.3, -0.25) is 0 Å². The first-order valence-electron chi connectivity index (χ1n) is 3.20. The minimum atomic E-state index is -3.10. The van der Waals surface area contributed by atoms with Gasteiger partial charge < -0.3 is 5.11 Å². The minimum absolute atomic E-state index is 0.0839. The molecule has 0 heterocycles. The van der Waals surface area contributed by atoms with Crippen LogP contribution in [0.1, 0.15) is 20.8 Å². The molecule has 0 unspecified atom stereocenters. The van der Waals surface area contributed by atoms with Crippen LogP contribution in [0.25, 0.3) is 0 Å². The van der Waals surface area contributed by atoms with Gasteiger partial charge in [0.25, 0.3) is 0 Å². The number of hydrogen-bond acceptors (Lipinski definition) is 3. The van der Waals surface area contributed by atoms with Gasteiger partial charge in [-0.2, -0.15) is 0 Å². The van der Waals surface area contributed by atoms with E-state index in [-0.39, 0.29) is 12.4 Å². The molecule has 0 aromatic carbocycles. The molecular weight excluding hydrogens is 152 g/mol. The summed E-state index contributed by atoms with van der Waals surface area (Å²) in [4.78, 5) is 0. The van der Waals surface area contributed by atoms with Crippen molar-refractivity contribution in [3.63, 3.8) is 0 Å². The lowest BCUT2D eigenvalue weighted by Crippen LogP contribution is -2.36. The lowest BCUT2D eigenvalue weighted by Gasteiger charge is -2.20. The zero-order valence-corrected chi connectivity index (χ0v) is 7.40. The van der Waals surface area contributed by atoms with E-state index in [0.717, 1.165) is 0 Å². The summed E-state index contributed by atoms with van der Waals surface area (Å²) in [5, 5.41) is 8.68. The highest BCUT2D eigenvalue weighted by atomic mass is 32.2. The fraction of sp³-hybridized carbons (Fsp3) is 1.00. The lowest BCUT2D eigenvalue weighted by molar-refractivity contribution is 0.258. The highest BCUT2D eigenvalue weighted by Crippen LogP contribution is 2.15. The number of sulfone groups is 1. The third-order valence-electron chi connectivity index (χ3n) is 1.60. The summed E-state index contributed by atoms with van der Waals surface area (Å²) < 4.78 is 21.2. The van der Waals surface area contributed by atoms with Gasteiger partial charge in [0.05, 0.1) is 11.4 Å². The van der Waals surface area contributed by atoms with E-state index in [1.54, 1.807) is 6.92 Å². The van der Waals surface area contributed by atoms with Crippen LogP contribution in [-0.2, 0) is 9.84 Å². The van der Waals surface area contributed by atoms with Gasteiger partial charge in [-0.15, -0.1) is 0 Å². The van der Waals surface area contributed by atoms with Crippen LogP contribution in [-0.4, -0.2) is 30.6 Å². The second kappa shape index (κ2) is 2.88. The summed E-state index contributed by atoms with van der Waals surface area (Å²) in [5.41, 5.74) is 0. The monoisotopic (exact) mass is 166 g/mol. The molecule has 0 saturated heterocycles. The number of hydrogen-bond donors (Lipinski definition) is 1. The predicted molar refractivity (Wildman–Crippen MR) is 40.6 cm³/mol. The van der Waals surface area contributed by atoms with Crippen molar-refractivity contribution in [2.45, 2.75) is 25.5 Å². The Morgan fingerprint density at radius 1 is 1.40 bits per heavy atom. The summed E-state index contributed by atoms with van der Waals surface area (Å²) in [6.07, 6.45) is 0. The minimum Gasteiger partial charge on any atom is -0.395 e. The van der Waals surface area contributed by atoms with Crippen molar-refractivity contribution < 1.29 is 13.5 Å². The van der Waals surface area contributed by atoms with Crippen LogP contribution in [0.3, 0.4) is 0 Å². The quantitative estimate of drug-likeness (QED) is 0.651. The van der Waals surface area contributed by atoms with E-state index in [2.05, 4.69) is 0 Å². The first kappa shape index (κ1) is 9.91. The molecule has 3 nitrogen and oxygen atoms in total. The van der Waals surface area contributed by atoms with Gasteiger partial charge in [-0.1, -0.05) is 6.92 Å². The summed E-state index contributed by atoms with van der Waals surface area (Å²) >= 11 is 0. The number of rotatable bonds is 3. The number of aliphatic hydroxyl groups excluding tert-OH is 1. The summed E-state index contributed by atoms with van der Waals surface area (Å²) in [7, 11) is -3.10. The van der Waals surface area contributed by atoms with E-state index in [9.17, 15) is 8.42 Å². The molecule has 1 N–H and O–H groups in total. The highest BCUT2D eigenvalue weighted by molar-refractivity contribution is 7.92.